The first-order valence-corrected chi connectivity index (χ1v) is 8.37. The third-order valence-corrected chi connectivity index (χ3v) is 3.75. The fraction of sp³-hybridized carbons (Fsp3) is 0.625. The number of hydrogen-bond acceptors (Lipinski definition) is 5. The number of hydrogen-bond donors (Lipinski definition) is 2. The van der Waals surface area contributed by atoms with Crippen LogP contribution < -0.4 is 15.5 Å². The van der Waals surface area contributed by atoms with E-state index in [0.29, 0.717) is 32.1 Å². The molecule has 0 radical (unpaired) electrons. The molecule has 8 heteroatoms. The Morgan fingerprint density at radius 3 is 2.50 bits per heavy atom. The summed E-state index contributed by atoms with van der Waals surface area (Å²) in [6.45, 7) is 7.61. The summed E-state index contributed by atoms with van der Waals surface area (Å²) in [6, 6.07) is 2.11. The highest BCUT2D eigenvalue weighted by atomic mass is 16.2. The van der Waals surface area contributed by atoms with Gasteiger partial charge >= 0.3 is 0 Å². The Kier molecular flexibility index (Phi) is 6.77. The lowest BCUT2D eigenvalue weighted by molar-refractivity contribution is -0.131. The summed E-state index contributed by atoms with van der Waals surface area (Å²) < 4.78 is 0. The van der Waals surface area contributed by atoms with Crippen LogP contribution in [0.4, 0.5) is 5.95 Å². The van der Waals surface area contributed by atoms with Gasteiger partial charge in [-0.15, -0.1) is 0 Å². The molecule has 132 valence electrons. The van der Waals surface area contributed by atoms with Gasteiger partial charge in [0.05, 0.1) is 0 Å². The standard InChI is InChI=1S/C16H27N7O/c1-13(2)21-15(17-3)18-8-5-14(24)22-9-11-23(12-10-22)16-19-6-4-7-20-16/h4,6-7,13H,5,8-12H2,1-3H3,(H2,17,18,21). The lowest BCUT2D eigenvalue weighted by atomic mass is 10.3. The van der Waals surface area contributed by atoms with E-state index < -0.39 is 0 Å². The van der Waals surface area contributed by atoms with E-state index in [9.17, 15) is 4.79 Å². The van der Waals surface area contributed by atoms with Crippen molar-refractivity contribution in [3.8, 4) is 0 Å². The molecule has 2 N–H and O–H groups in total. The Morgan fingerprint density at radius 2 is 1.92 bits per heavy atom. The first-order valence-electron chi connectivity index (χ1n) is 8.37. The van der Waals surface area contributed by atoms with Crippen molar-refractivity contribution >= 4 is 17.8 Å². The van der Waals surface area contributed by atoms with Gasteiger partial charge in [0, 0.05) is 64.6 Å². The molecule has 1 saturated heterocycles. The fourth-order valence-electron chi connectivity index (χ4n) is 2.52. The molecular formula is C16H27N7O. The summed E-state index contributed by atoms with van der Waals surface area (Å²) in [5.74, 6) is 1.62. The second kappa shape index (κ2) is 9.05. The molecular weight excluding hydrogens is 306 g/mol. The zero-order valence-electron chi connectivity index (χ0n) is 14.7. The van der Waals surface area contributed by atoms with Crippen LogP contribution in [0.1, 0.15) is 20.3 Å². The van der Waals surface area contributed by atoms with Crippen molar-refractivity contribution in [3.05, 3.63) is 18.5 Å². The van der Waals surface area contributed by atoms with Crippen LogP contribution in [0.5, 0.6) is 0 Å². The van der Waals surface area contributed by atoms with Crippen molar-refractivity contribution in [1.82, 2.24) is 25.5 Å². The molecule has 0 saturated carbocycles. The number of rotatable bonds is 5. The van der Waals surface area contributed by atoms with E-state index >= 15 is 0 Å². The third-order valence-electron chi connectivity index (χ3n) is 3.75. The van der Waals surface area contributed by atoms with Crippen LogP contribution in [0.2, 0.25) is 0 Å². The molecule has 24 heavy (non-hydrogen) atoms. The number of amides is 1. The quantitative estimate of drug-likeness (QED) is 0.587. The molecule has 1 aliphatic heterocycles. The third kappa shape index (κ3) is 5.36. The molecule has 1 aromatic rings. The molecule has 0 aromatic carbocycles. The van der Waals surface area contributed by atoms with Gasteiger partial charge in [-0.3, -0.25) is 9.79 Å². The monoisotopic (exact) mass is 333 g/mol. The average molecular weight is 333 g/mol. The van der Waals surface area contributed by atoms with E-state index in [-0.39, 0.29) is 5.91 Å². The Bertz CT molecular complexity index is 539. The van der Waals surface area contributed by atoms with E-state index in [1.807, 2.05) is 18.7 Å². The van der Waals surface area contributed by atoms with Gasteiger partial charge in [-0.2, -0.15) is 0 Å². The number of nitrogens with one attached hydrogen (secondary N) is 2. The zero-order valence-corrected chi connectivity index (χ0v) is 14.7. The smallest absolute Gasteiger partial charge is 0.225 e. The van der Waals surface area contributed by atoms with Gasteiger partial charge < -0.3 is 20.4 Å². The normalized spacial score (nSPS) is 15.6. The van der Waals surface area contributed by atoms with Crippen LogP contribution in [0.25, 0.3) is 0 Å². The average Bonchev–Trinajstić information content (AvgIpc) is 2.61. The summed E-state index contributed by atoms with van der Waals surface area (Å²) >= 11 is 0. The van der Waals surface area contributed by atoms with E-state index in [2.05, 4.69) is 30.5 Å². The number of carbonyl (C=O) groups is 1. The minimum Gasteiger partial charge on any atom is -0.356 e. The SMILES string of the molecule is CN=C(NCCC(=O)N1CCN(c2ncccn2)CC1)NC(C)C. The molecule has 0 bridgehead atoms. The van der Waals surface area contributed by atoms with E-state index in [1.165, 1.54) is 0 Å². The number of nitrogens with zero attached hydrogens (tertiary/aromatic N) is 5. The van der Waals surface area contributed by atoms with Crippen LogP contribution in [0.3, 0.4) is 0 Å². The number of guanidine groups is 1. The number of aliphatic imine (C=N–C) groups is 1. The summed E-state index contributed by atoms with van der Waals surface area (Å²) in [6.07, 6.45) is 3.94. The Labute approximate surface area is 143 Å². The lowest BCUT2D eigenvalue weighted by Crippen LogP contribution is -2.50. The van der Waals surface area contributed by atoms with E-state index in [4.69, 9.17) is 0 Å². The van der Waals surface area contributed by atoms with Crippen LogP contribution in [0.15, 0.2) is 23.5 Å². The van der Waals surface area contributed by atoms with Gasteiger partial charge in [-0.25, -0.2) is 9.97 Å². The van der Waals surface area contributed by atoms with Crippen molar-refractivity contribution < 1.29 is 4.79 Å². The van der Waals surface area contributed by atoms with Crippen LogP contribution >= 0.6 is 0 Å². The largest absolute Gasteiger partial charge is 0.356 e. The molecule has 1 aliphatic rings. The van der Waals surface area contributed by atoms with Gasteiger partial charge in [-0.05, 0) is 19.9 Å². The van der Waals surface area contributed by atoms with Crippen LogP contribution in [-0.4, -0.2) is 72.5 Å². The Balaban J connectivity index is 1.71. The van der Waals surface area contributed by atoms with E-state index in [1.54, 1.807) is 25.5 Å². The van der Waals surface area contributed by atoms with Gasteiger partial charge in [0.15, 0.2) is 5.96 Å². The van der Waals surface area contributed by atoms with Gasteiger partial charge in [-0.1, -0.05) is 0 Å². The van der Waals surface area contributed by atoms with Crippen molar-refractivity contribution in [2.75, 3.05) is 44.7 Å². The maximum absolute atomic E-state index is 12.3. The number of anilines is 1. The van der Waals surface area contributed by atoms with Gasteiger partial charge in [0.1, 0.15) is 0 Å². The van der Waals surface area contributed by atoms with Crippen molar-refractivity contribution in [2.45, 2.75) is 26.3 Å². The van der Waals surface area contributed by atoms with E-state index in [0.717, 1.165) is 25.0 Å². The van der Waals surface area contributed by atoms with Gasteiger partial charge in [0.2, 0.25) is 11.9 Å². The molecule has 0 atom stereocenters. The lowest BCUT2D eigenvalue weighted by Gasteiger charge is -2.34. The highest BCUT2D eigenvalue weighted by Crippen LogP contribution is 2.10. The van der Waals surface area contributed by atoms with Crippen molar-refractivity contribution in [3.63, 3.8) is 0 Å². The Morgan fingerprint density at radius 1 is 1.25 bits per heavy atom. The number of aromatic nitrogens is 2. The highest BCUT2D eigenvalue weighted by Gasteiger charge is 2.22. The molecule has 1 aromatic heterocycles. The summed E-state index contributed by atoms with van der Waals surface area (Å²) in [7, 11) is 1.73. The topological polar surface area (TPSA) is 85.8 Å². The van der Waals surface area contributed by atoms with Crippen LogP contribution in [-0.2, 0) is 4.79 Å². The first kappa shape index (κ1) is 18.0. The maximum Gasteiger partial charge on any atom is 0.225 e. The molecule has 0 unspecified atom stereocenters. The highest BCUT2D eigenvalue weighted by molar-refractivity contribution is 5.81. The molecule has 2 heterocycles. The van der Waals surface area contributed by atoms with Crippen molar-refractivity contribution in [2.24, 2.45) is 4.99 Å². The predicted molar refractivity (Wildman–Crippen MR) is 95.1 cm³/mol. The fourth-order valence-corrected chi connectivity index (χ4v) is 2.52. The Hall–Kier alpha value is -2.38. The minimum atomic E-state index is 0.163. The van der Waals surface area contributed by atoms with Crippen molar-refractivity contribution in [1.29, 1.82) is 0 Å². The number of carbonyl (C=O) groups excluding carboxylic acids is 1. The predicted octanol–water partition coefficient (Wildman–Crippen LogP) is 0.0887. The maximum atomic E-state index is 12.3. The molecule has 0 spiro atoms. The second-order valence-corrected chi connectivity index (χ2v) is 5.96. The molecule has 1 fully saturated rings. The summed E-state index contributed by atoms with van der Waals surface area (Å²) in [5, 5.41) is 6.37. The van der Waals surface area contributed by atoms with Crippen LogP contribution in [0, 0.1) is 0 Å². The van der Waals surface area contributed by atoms with Gasteiger partial charge in [0.25, 0.3) is 0 Å². The summed E-state index contributed by atoms with van der Waals surface area (Å²) in [5.41, 5.74) is 0. The minimum absolute atomic E-state index is 0.163. The summed E-state index contributed by atoms with van der Waals surface area (Å²) in [4.78, 5) is 29.0. The zero-order chi connectivity index (χ0) is 17.4. The molecule has 1 amide bonds. The molecule has 2 rings (SSSR count). The molecule has 0 aliphatic carbocycles. The second-order valence-electron chi connectivity index (χ2n) is 5.96. The molecule has 8 nitrogen and oxygen atoms in total. The number of piperazine rings is 1. The first-order chi connectivity index (χ1) is 11.6.